The van der Waals surface area contributed by atoms with Crippen molar-refractivity contribution in [1.29, 1.82) is 0 Å². The fourth-order valence-corrected chi connectivity index (χ4v) is 3.17. The van der Waals surface area contributed by atoms with E-state index in [1.807, 2.05) is 17.5 Å². The van der Waals surface area contributed by atoms with Gasteiger partial charge in [-0.3, -0.25) is 10.1 Å². The molecule has 3 rings (SSSR count). The van der Waals surface area contributed by atoms with Crippen LogP contribution in [0.3, 0.4) is 0 Å². The largest absolute Gasteiger partial charge is 0.335 e. The van der Waals surface area contributed by atoms with Crippen molar-refractivity contribution in [2.75, 3.05) is 5.84 Å². The van der Waals surface area contributed by atoms with Crippen molar-refractivity contribution in [3.63, 3.8) is 0 Å². The van der Waals surface area contributed by atoms with Crippen molar-refractivity contribution in [2.24, 2.45) is 0 Å². The first-order chi connectivity index (χ1) is 10.6. The first-order valence-corrected chi connectivity index (χ1v) is 7.62. The topological polar surface area (TPSA) is 99.9 Å². The van der Waals surface area contributed by atoms with Gasteiger partial charge in [-0.1, -0.05) is 6.07 Å². The Morgan fingerprint density at radius 3 is 2.82 bits per heavy atom. The summed E-state index contributed by atoms with van der Waals surface area (Å²) in [4.78, 5) is 11.0. The summed E-state index contributed by atoms with van der Waals surface area (Å²) in [6.45, 7) is 0. The van der Waals surface area contributed by atoms with E-state index in [9.17, 15) is 14.5 Å². The summed E-state index contributed by atoms with van der Waals surface area (Å²) < 4.78 is 15.1. The maximum absolute atomic E-state index is 13.9. The molecule has 0 saturated carbocycles. The van der Waals surface area contributed by atoms with Crippen molar-refractivity contribution in [1.82, 2.24) is 14.9 Å². The molecule has 1 aromatic carbocycles. The van der Waals surface area contributed by atoms with Crippen LogP contribution in [0.4, 0.5) is 10.1 Å². The molecule has 2 N–H and O–H groups in total. The van der Waals surface area contributed by atoms with E-state index in [-0.39, 0.29) is 15.7 Å². The second-order valence-electron chi connectivity index (χ2n) is 4.13. The maximum Gasteiger partial charge on any atom is 0.272 e. The number of aromatic nitrogens is 3. The number of non-ortho nitro benzene ring substituents is 1. The third kappa shape index (κ3) is 2.65. The Labute approximate surface area is 131 Å². The molecule has 0 spiro atoms. The van der Waals surface area contributed by atoms with Gasteiger partial charge in [-0.25, -0.2) is 9.07 Å². The molecular formula is C12H8FN5O2S2. The van der Waals surface area contributed by atoms with Gasteiger partial charge in [0.15, 0.2) is 5.82 Å². The minimum atomic E-state index is -0.708. The fraction of sp³-hybridized carbons (Fsp3) is 0. The van der Waals surface area contributed by atoms with Crippen LogP contribution in [-0.4, -0.2) is 19.8 Å². The molecule has 0 bridgehead atoms. The number of benzene rings is 1. The molecule has 7 nitrogen and oxygen atoms in total. The summed E-state index contributed by atoms with van der Waals surface area (Å²) >= 11 is 2.41. The van der Waals surface area contributed by atoms with E-state index >= 15 is 0 Å². The van der Waals surface area contributed by atoms with Gasteiger partial charge in [0.2, 0.25) is 5.16 Å². The Balaban J connectivity index is 1.90. The van der Waals surface area contributed by atoms with Crippen molar-refractivity contribution >= 4 is 28.8 Å². The Hall–Kier alpha value is -2.46. The average Bonchev–Trinajstić information content (AvgIpc) is 3.11. The van der Waals surface area contributed by atoms with Crippen molar-refractivity contribution in [3.05, 3.63) is 51.6 Å². The highest BCUT2D eigenvalue weighted by molar-refractivity contribution is 7.99. The van der Waals surface area contributed by atoms with Gasteiger partial charge in [0.1, 0.15) is 5.82 Å². The lowest BCUT2D eigenvalue weighted by molar-refractivity contribution is -0.385. The van der Waals surface area contributed by atoms with Crippen LogP contribution in [0.25, 0.3) is 10.7 Å². The Kier molecular flexibility index (Phi) is 3.77. The van der Waals surface area contributed by atoms with Crippen molar-refractivity contribution in [3.8, 4) is 10.7 Å². The molecule has 10 heteroatoms. The molecule has 22 heavy (non-hydrogen) atoms. The lowest BCUT2D eigenvalue weighted by Crippen LogP contribution is -2.11. The second kappa shape index (κ2) is 5.73. The third-order valence-corrected chi connectivity index (χ3v) is 4.61. The molecule has 3 aromatic rings. The van der Waals surface area contributed by atoms with E-state index in [1.165, 1.54) is 28.1 Å². The standard InChI is InChI=1S/C12H8FN5O2S2/c13-8-6-7(18(19)20)3-4-9(8)22-12-16-15-11(17(12)14)10-2-1-5-21-10/h1-6H,14H2. The van der Waals surface area contributed by atoms with Gasteiger partial charge in [-0.15, -0.1) is 21.5 Å². The van der Waals surface area contributed by atoms with Crippen LogP contribution in [-0.2, 0) is 0 Å². The molecule has 0 radical (unpaired) electrons. The molecule has 0 aliphatic carbocycles. The number of hydrogen-bond acceptors (Lipinski definition) is 7. The highest BCUT2D eigenvalue weighted by Gasteiger charge is 2.17. The SMILES string of the molecule is Nn1c(Sc2ccc([N+](=O)[O-])cc2F)nnc1-c1cccs1. The van der Waals surface area contributed by atoms with E-state index in [0.29, 0.717) is 5.82 Å². The molecule has 0 fully saturated rings. The van der Waals surface area contributed by atoms with Gasteiger partial charge in [-0.05, 0) is 29.3 Å². The first-order valence-electron chi connectivity index (χ1n) is 5.92. The van der Waals surface area contributed by atoms with E-state index in [1.54, 1.807) is 0 Å². The van der Waals surface area contributed by atoms with Gasteiger partial charge in [0.25, 0.3) is 5.69 Å². The Morgan fingerprint density at radius 2 is 2.18 bits per heavy atom. The quantitative estimate of drug-likeness (QED) is 0.446. The summed E-state index contributed by atoms with van der Waals surface area (Å²) in [5.74, 6) is 5.68. The van der Waals surface area contributed by atoms with Gasteiger partial charge in [0, 0.05) is 6.07 Å². The summed E-state index contributed by atoms with van der Waals surface area (Å²) in [5, 5.41) is 20.7. The molecule has 0 saturated heterocycles. The van der Waals surface area contributed by atoms with Crippen LogP contribution >= 0.6 is 23.1 Å². The highest BCUT2D eigenvalue weighted by Crippen LogP contribution is 2.32. The molecule has 2 heterocycles. The van der Waals surface area contributed by atoms with E-state index in [4.69, 9.17) is 5.84 Å². The summed E-state index contributed by atoms with van der Waals surface area (Å²) in [5.41, 5.74) is -0.310. The highest BCUT2D eigenvalue weighted by atomic mass is 32.2. The van der Waals surface area contributed by atoms with Gasteiger partial charge in [0.05, 0.1) is 20.8 Å². The third-order valence-electron chi connectivity index (χ3n) is 2.73. The fourth-order valence-electron chi connectivity index (χ4n) is 1.70. The predicted molar refractivity (Wildman–Crippen MR) is 80.7 cm³/mol. The molecule has 0 unspecified atom stereocenters. The van der Waals surface area contributed by atoms with Crippen LogP contribution in [0.2, 0.25) is 0 Å². The summed E-state index contributed by atoms with van der Waals surface area (Å²) in [7, 11) is 0. The monoisotopic (exact) mass is 337 g/mol. The number of thiophene rings is 1. The summed E-state index contributed by atoms with van der Waals surface area (Å²) in [6, 6.07) is 7.11. The lowest BCUT2D eigenvalue weighted by Gasteiger charge is -2.03. The summed E-state index contributed by atoms with van der Waals surface area (Å²) in [6.07, 6.45) is 0. The number of nitrogens with zero attached hydrogens (tertiary/aromatic N) is 4. The van der Waals surface area contributed by atoms with Gasteiger partial charge >= 0.3 is 0 Å². The number of halogens is 1. The number of hydrogen-bond donors (Lipinski definition) is 1. The van der Waals surface area contributed by atoms with Gasteiger partial charge < -0.3 is 5.84 Å². The molecule has 112 valence electrons. The zero-order valence-corrected chi connectivity index (χ0v) is 12.5. The van der Waals surface area contributed by atoms with Crippen LogP contribution in [0, 0.1) is 15.9 Å². The zero-order chi connectivity index (χ0) is 15.7. The van der Waals surface area contributed by atoms with E-state index in [0.717, 1.165) is 22.7 Å². The predicted octanol–water partition coefficient (Wildman–Crippen LogP) is 2.92. The van der Waals surface area contributed by atoms with Crippen LogP contribution < -0.4 is 5.84 Å². The Morgan fingerprint density at radius 1 is 1.36 bits per heavy atom. The molecule has 0 atom stereocenters. The van der Waals surface area contributed by atoms with Crippen LogP contribution in [0.15, 0.2) is 45.8 Å². The normalized spacial score (nSPS) is 10.8. The van der Waals surface area contributed by atoms with E-state index in [2.05, 4.69) is 10.2 Å². The maximum atomic E-state index is 13.9. The zero-order valence-electron chi connectivity index (χ0n) is 10.8. The number of rotatable bonds is 4. The first kappa shape index (κ1) is 14.5. The average molecular weight is 337 g/mol. The molecular weight excluding hydrogens is 329 g/mol. The minimum absolute atomic E-state index is 0.183. The number of nitro benzene ring substituents is 1. The molecule has 0 amide bonds. The minimum Gasteiger partial charge on any atom is -0.335 e. The van der Waals surface area contributed by atoms with Crippen molar-refractivity contribution < 1.29 is 9.31 Å². The molecule has 0 aliphatic rings. The Bertz CT molecular complexity index is 834. The second-order valence-corrected chi connectivity index (χ2v) is 6.08. The van der Waals surface area contributed by atoms with Crippen LogP contribution in [0.1, 0.15) is 0 Å². The lowest BCUT2D eigenvalue weighted by atomic mass is 10.3. The van der Waals surface area contributed by atoms with E-state index < -0.39 is 10.7 Å². The smallest absolute Gasteiger partial charge is 0.272 e. The molecule has 2 aromatic heterocycles. The van der Waals surface area contributed by atoms with Crippen molar-refractivity contribution in [2.45, 2.75) is 10.1 Å². The van der Waals surface area contributed by atoms with Gasteiger partial charge in [-0.2, -0.15) is 0 Å². The molecule has 0 aliphatic heterocycles. The number of nitrogens with two attached hydrogens (primary N) is 1. The van der Waals surface area contributed by atoms with Crippen LogP contribution in [0.5, 0.6) is 0 Å². The number of nitrogen functional groups attached to an aromatic ring is 1. The number of nitro groups is 1.